The van der Waals surface area contributed by atoms with E-state index in [9.17, 15) is 48.9 Å². The summed E-state index contributed by atoms with van der Waals surface area (Å²) in [5.74, 6) is -2.72. The van der Waals surface area contributed by atoms with Crippen molar-refractivity contribution in [3.8, 4) is 0 Å². The van der Waals surface area contributed by atoms with Gasteiger partial charge in [0.25, 0.3) is 20.2 Å². The van der Waals surface area contributed by atoms with E-state index in [1.807, 2.05) is 0 Å². The number of methoxy groups -OCH3 is 2. The Hall–Kier alpha value is -5.52. The highest BCUT2D eigenvalue weighted by molar-refractivity contribution is 7.86. The molecule has 0 aromatic heterocycles. The summed E-state index contributed by atoms with van der Waals surface area (Å²) >= 11 is 0. The van der Waals surface area contributed by atoms with Gasteiger partial charge in [0.1, 0.15) is 22.0 Å². The summed E-state index contributed by atoms with van der Waals surface area (Å²) in [5.41, 5.74) is 4.74. The first-order valence-corrected chi connectivity index (χ1v) is 15.3. The number of rotatable bonds is 9. The van der Waals surface area contributed by atoms with Crippen molar-refractivity contribution in [2.24, 2.45) is 20.5 Å². The molecule has 18 nitrogen and oxygen atoms in total. The molecule has 3 aromatic rings. The van der Waals surface area contributed by atoms with E-state index < -0.39 is 99.3 Å². The van der Waals surface area contributed by atoms with Gasteiger partial charge in [-0.3, -0.25) is 13.9 Å². The van der Waals surface area contributed by atoms with Crippen molar-refractivity contribution in [3.63, 3.8) is 0 Å². The van der Waals surface area contributed by atoms with Crippen LogP contribution in [0, 0.1) is 0 Å². The lowest BCUT2D eigenvalue weighted by Gasteiger charge is -2.13. The van der Waals surface area contributed by atoms with Gasteiger partial charge >= 0.3 is 18.1 Å². The monoisotopic (exact) mass is 717 g/mol. The van der Waals surface area contributed by atoms with Crippen LogP contribution in [0.5, 0.6) is 0 Å². The Bertz CT molecular complexity index is 2120. The van der Waals surface area contributed by atoms with Crippen molar-refractivity contribution in [3.05, 3.63) is 53.1 Å². The van der Waals surface area contributed by atoms with E-state index in [2.05, 4.69) is 30.5 Å². The summed E-state index contributed by atoms with van der Waals surface area (Å²) in [6.45, 7) is 1.10. The van der Waals surface area contributed by atoms with Crippen molar-refractivity contribution < 1.29 is 63.0 Å². The topological polar surface area (TPSA) is 292 Å². The molecule has 7 N–H and O–H groups in total. The van der Waals surface area contributed by atoms with Gasteiger partial charge in [-0.1, -0.05) is 0 Å². The van der Waals surface area contributed by atoms with Crippen LogP contribution in [0.25, 0.3) is 0 Å². The van der Waals surface area contributed by atoms with Crippen LogP contribution in [-0.4, -0.2) is 58.0 Å². The summed E-state index contributed by atoms with van der Waals surface area (Å²) in [7, 11) is -8.28. The van der Waals surface area contributed by atoms with Crippen LogP contribution in [0.2, 0.25) is 0 Å². The number of nitrogens with zero attached hydrogens (tertiary/aromatic N) is 4. The highest BCUT2D eigenvalue weighted by atomic mass is 32.2. The van der Waals surface area contributed by atoms with Gasteiger partial charge in [-0.05, 0) is 36.4 Å². The summed E-state index contributed by atoms with van der Waals surface area (Å²) in [6.07, 6.45) is -5.23. The number of azo groups is 2. The summed E-state index contributed by atoms with van der Waals surface area (Å²) < 4.78 is 116. The number of ether oxygens (including phenoxy) is 2. The van der Waals surface area contributed by atoms with Gasteiger partial charge in [0, 0.05) is 6.92 Å². The van der Waals surface area contributed by atoms with Crippen LogP contribution in [0.3, 0.4) is 0 Å². The van der Waals surface area contributed by atoms with E-state index in [1.165, 1.54) is 0 Å². The Morgan fingerprint density at radius 1 is 0.771 bits per heavy atom. The molecule has 23 heteroatoms. The predicted octanol–water partition coefficient (Wildman–Crippen LogP) is 4.73. The molecule has 48 heavy (non-hydrogen) atoms. The van der Waals surface area contributed by atoms with E-state index in [0.29, 0.717) is 18.2 Å². The number of hydrogen-bond donors (Lipinski definition) is 5. The first-order chi connectivity index (χ1) is 22.1. The van der Waals surface area contributed by atoms with Gasteiger partial charge < -0.3 is 26.3 Å². The van der Waals surface area contributed by atoms with Crippen LogP contribution < -0.4 is 16.8 Å². The minimum atomic E-state index is -5.23. The molecule has 0 radical (unpaired) electrons. The van der Waals surface area contributed by atoms with Crippen molar-refractivity contribution in [1.29, 1.82) is 0 Å². The maximum Gasteiger partial charge on any atom is 0.418 e. The number of hydrogen-bond acceptors (Lipinski definition) is 15. The minimum Gasteiger partial charge on any atom is -0.465 e. The van der Waals surface area contributed by atoms with E-state index >= 15 is 0 Å². The highest BCUT2D eigenvalue weighted by Gasteiger charge is 2.35. The Kier molecular flexibility index (Phi) is 10.5. The van der Waals surface area contributed by atoms with E-state index in [4.69, 9.17) is 20.8 Å². The molecule has 0 unspecified atom stereocenters. The molecule has 0 aliphatic carbocycles. The van der Waals surface area contributed by atoms with E-state index in [0.717, 1.165) is 33.3 Å². The average molecular weight is 718 g/mol. The fraction of sp³-hybridized carbons (Fsp3) is 0.160. The fourth-order valence-corrected chi connectivity index (χ4v) is 4.93. The van der Waals surface area contributed by atoms with E-state index in [1.54, 1.807) is 0 Å². The van der Waals surface area contributed by atoms with Gasteiger partial charge in [0.15, 0.2) is 0 Å². The third-order valence-electron chi connectivity index (χ3n) is 5.95. The molecule has 0 spiro atoms. The number of esters is 2. The van der Waals surface area contributed by atoms with Gasteiger partial charge in [-0.15, -0.1) is 20.5 Å². The zero-order valence-electron chi connectivity index (χ0n) is 24.4. The maximum atomic E-state index is 13.7. The van der Waals surface area contributed by atoms with Crippen LogP contribution in [0.1, 0.15) is 33.2 Å². The maximum absolute atomic E-state index is 13.7. The molecule has 0 heterocycles. The molecule has 0 fully saturated rings. The molecular weight excluding hydrogens is 695 g/mol. The number of nitrogens with one attached hydrogen (secondary N) is 1. The minimum absolute atomic E-state index is 0.0674. The van der Waals surface area contributed by atoms with Crippen molar-refractivity contribution in [1.82, 2.24) is 0 Å². The van der Waals surface area contributed by atoms with Gasteiger partial charge in [0.05, 0.1) is 58.6 Å². The zero-order chi connectivity index (χ0) is 36.4. The van der Waals surface area contributed by atoms with Gasteiger partial charge in [-0.25, -0.2) is 9.59 Å². The SMILES string of the molecule is COC(=O)c1cc(NC(C)=O)c(C(=O)OC)cc1/N=N/c1c(N)c(/N=N/c2ccc(S(=O)(=O)O)cc2C(F)(F)F)cc(S(=O)(=O)O)c1N. The second kappa shape index (κ2) is 13.7. The first kappa shape index (κ1) is 36.9. The Morgan fingerprint density at radius 2 is 1.33 bits per heavy atom. The average Bonchev–Trinajstić information content (AvgIpc) is 2.98. The summed E-state index contributed by atoms with van der Waals surface area (Å²) in [6, 6.07) is 3.62. The number of alkyl halides is 3. The molecular formula is C25H22F3N7O11S2. The largest absolute Gasteiger partial charge is 0.465 e. The summed E-state index contributed by atoms with van der Waals surface area (Å²) in [4.78, 5) is 34.4. The Labute approximate surface area is 268 Å². The standard InChI is InChI=1S/C25H22F3N7O11S2/c1-10(36)31-16-7-13(24(38)46-3)17(8-12(16)23(37)45-2)33-35-22-20(29)18(9-19(21(22)30)48(42,43)44)34-32-15-5-4-11(47(39,40)41)6-14(15)25(26,27)28/h4-9H,29-30H2,1-3H3,(H,31,36)(H,39,40,41)(H,42,43,44)/b34-32+,35-33+. The molecule has 0 saturated carbocycles. The zero-order valence-corrected chi connectivity index (χ0v) is 26.1. The Balaban J connectivity index is 2.30. The number of nitrogen functional groups attached to an aromatic ring is 2. The summed E-state index contributed by atoms with van der Waals surface area (Å²) in [5, 5.41) is 16.7. The number of nitrogens with two attached hydrogens (primary N) is 2. The number of carbonyl (C=O) groups is 3. The fourth-order valence-electron chi connectivity index (χ4n) is 3.78. The third-order valence-corrected chi connectivity index (χ3v) is 7.69. The normalized spacial score (nSPS) is 12.3. The number of amides is 1. The third kappa shape index (κ3) is 8.24. The quantitative estimate of drug-likeness (QED) is 0.0867. The van der Waals surface area contributed by atoms with Crippen LogP contribution >= 0.6 is 0 Å². The molecule has 0 atom stereocenters. The predicted molar refractivity (Wildman–Crippen MR) is 158 cm³/mol. The molecule has 3 aromatic carbocycles. The van der Waals surface area contributed by atoms with E-state index in [-0.39, 0.29) is 17.3 Å². The van der Waals surface area contributed by atoms with Crippen LogP contribution in [-0.2, 0) is 40.7 Å². The van der Waals surface area contributed by atoms with Gasteiger partial charge in [-0.2, -0.15) is 30.0 Å². The second-order valence-electron chi connectivity index (χ2n) is 9.18. The molecule has 0 saturated heterocycles. The molecule has 0 bridgehead atoms. The second-order valence-corrected chi connectivity index (χ2v) is 12.0. The number of halogens is 3. The smallest absolute Gasteiger partial charge is 0.418 e. The molecule has 0 aliphatic heterocycles. The Morgan fingerprint density at radius 3 is 1.85 bits per heavy atom. The lowest BCUT2D eigenvalue weighted by molar-refractivity contribution is -0.137. The number of carbonyl (C=O) groups excluding carboxylic acids is 3. The molecule has 1 amide bonds. The lowest BCUT2D eigenvalue weighted by Crippen LogP contribution is -2.14. The highest BCUT2D eigenvalue weighted by Crippen LogP contribution is 2.44. The van der Waals surface area contributed by atoms with Crippen molar-refractivity contribution in [2.75, 3.05) is 31.0 Å². The molecule has 256 valence electrons. The van der Waals surface area contributed by atoms with Gasteiger partial charge in [0.2, 0.25) is 5.91 Å². The van der Waals surface area contributed by atoms with Crippen molar-refractivity contribution in [2.45, 2.75) is 22.9 Å². The number of anilines is 3. The lowest BCUT2D eigenvalue weighted by atomic mass is 10.1. The number of benzene rings is 3. The van der Waals surface area contributed by atoms with Crippen LogP contribution in [0.15, 0.2) is 66.6 Å². The van der Waals surface area contributed by atoms with Crippen LogP contribution in [0.4, 0.5) is 53.0 Å². The van der Waals surface area contributed by atoms with Crippen molar-refractivity contribution >= 4 is 77.9 Å². The molecule has 3 rings (SSSR count). The molecule has 0 aliphatic rings. The first-order valence-electron chi connectivity index (χ1n) is 12.4.